The molecule has 10 rings (SSSR count). The first-order valence-corrected chi connectivity index (χ1v) is 22.5. The van der Waals surface area contributed by atoms with E-state index in [1.807, 2.05) is 0 Å². The normalized spacial score (nSPS) is 13.2. The molecule has 312 valence electrons. The van der Waals surface area contributed by atoms with Crippen molar-refractivity contribution < 1.29 is 0 Å². The van der Waals surface area contributed by atoms with Crippen molar-refractivity contribution in [2.45, 2.75) is 112 Å². The van der Waals surface area contributed by atoms with Gasteiger partial charge in [0.25, 0.3) is 0 Å². The summed E-state index contributed by atoms with van der Waals surface area (Å²) in [6, 6.07) is 51.7. The molecule has 0 atom stereocenters. The molecule has 7 aromatic carbocycles. The molecule has 0 saturated heterocycles. The standard InChI is InChI=1S/C59H61N3/c1-36-14-20-41(21-15-36)60-54-28-22-42(61-50-24-16-37(56(2,3)4)30-44(50)45-31-38(57(5,6)7)17-25-51(45)61)34-48(54)49-35-43(23-29-55(49)60)62-52-26-18-39(58(8,9)10)32-46(52)47-33-40(59(11,12)13)19-27-53(47)62/h14-35H,1-13H3. The van der Waals surface area contributed by atoms with E-state index in [2.05, 4.69) is 237 Å². The van der Waals surface area contributed by atoms with Gasteiger partial charge in [0.05, 0.1) is 33.1 Å². The van der Waals surface area contributed by atoms with E-state index in [1.54, 1.807) is 0 Å². The lowest BCUT2D eigenvalue weighted by molar-refractivity contribution is 0.590. The molecule has 0 spiro atoms. The Hall–Kier alpha value is -6.06. The maximum atomic E-state index is 2.49. The van der Waals surface area contributed by atoms with Crippen LogP contribution in [-0.4, -0.2) is 13.7 Å². The van der Waals surface area contributed by atoms with Crippen LogP contribution in [0.15, 0.2) is 133 Å². The molecule has 62 heavy (non-hydrogen) atoms. The molecule has 0 radical (unpaired) electrons. The van der Waals surface area contributed by atoms with Crippen LogP contribution >= 0.6 is 0 Å². The highest BCUT2D eigenvalue weighted by molar-refractivity contribution is 6.14. The quantitative estimate of drug-likeness (QED) is 0.169. The third-order valence-corrected chi connectivity index (χ3v) is 13.5. The lowest BCUT2D eigenvalue weighted by Crippen LogP contribution is -2.10. The summed E-state index contributed by atoms with van der Waals surface area (Å²) < 4.78 is 7.44. The summed E-state index contributed by atoms with van der Waals surface area (Å²) in [5.74, 6) is 0. The molecule has 0 aliphatic heterocycles. The molecule has 3 heterocycles. The van der Waals surface area contributed by atoms with E-state index in [1.165, 1.54) is 110 Å². The molecule has 10 aromatic rings. The molecule has 3 heteroatoms. The van der Waals surface area contributed by atoms with Crippen LogP contribution < -0.4 is 0 Å². The number of hydrogen-bond donors (Lipinski definition) is 0. The van der Waals surface area contributed by atoms with Crippen LogP contribution in [0.2, 0.25) is 0 Å². The Morgan fingerprint density at radius 1 is 0.258 bits per heavy atom. The van der Waals surface area contributed by atoms with Crippen molar-refractivity contribution in [1.29, 1.82) is 0 Å². The molecule has 3 aromatic heterocycles. The van der Waals surface area contributed by atoms with E-state index in [-0.39, 0.29) is 21.7 Å². The van der Waals surface area contributed by atoms with Gasteiger partial charge in [-0.1, -0.05) is 125 Å². The monoisotopic (exact) mass is 811 g/mol. The number of nitrogens with zero attached hydrogens (tertiary/aromatic N) is 3. The molecule has 0 unspecified atom stereocenters. The topological polar surface area (TPSA) is 14.8 Å². The van der Waals surface area contributed by atoms with E-state index in [0.717, 1.165) is 0 Å². The summed E-state index contributed by atoms with van der Waals surface area (Å²) in [6.45, 7) is 29.9. The van der Waals surface area contributed by atoms with Crippen molar-refractivity contribution in [2.24, 2.45) is 0 Å². The van der Waals surface area contributed by atoms with Gasteiger partial charge in [-0.05, 0) is 148 Å². The summed E-state index contributed by atoms with van der Waals surface area (Å²) in [7, 11) is 0. The Bertz CT molecular complexity index is 3070. The predicted molar refractivity (Wildman–Crippen MR) is 269 cm³/mol. The zero-order chi connectivity index (χ0) is 43.8. The smallest absolute Gasteiger partial charge is 0.0542 e. The number of fused-ring (bicyclic) bond motifs is 9. The van der Waals surface area contributed by atoms with Crippen molar-refractivity contribution in [1.82, 2.24) is 13.7 Å². The van der Waals surface area contributed by atoms with Gasteiger partial charge in [-0.15, -0.1) is 0 Å². The summed E-state index contributed by atoms with van der Waals surface area (Å²) >= 11 is 0. The molecule has 0 bridgehead atoms. The maximum absolute atomic E-state index is 2.49. The Labute approximate surface area is 367 Å². The summed E-state index contributed by atoms with van der Waals surface area (Å²) in [5.41, 5.74) is 17.6. The second kappa shape index (κ2) is 13.5. The first kappa shape index (κ1) is 40.0. The van der Waals surface area contributed by atoms with E-state index in [0.29, 0.717) is 0 Å². The van der Waals surface area contributed by atoms with Gasteiger partial charge in [-0.25, -0.2) is 0 Å². The highest BCUT2D eigenvalue weighted by Crippen LogP contribution is 2.42. The van der Waals surface area contributed by atoms with Gasteiger partial charge in [-0.3, -0.25) is 0 Å². The number of aromatic nitrogens is 3. The number of hydrogen-bond acceptors (Lipinski definition) is 0. The fourth-order valence-corrected chi connectivity index (χ4v) is 9.72. The lowest BCUT2D eigenvalue weighted by atomic mass is 9.85. The van der Waals surface area contributed by atoms with E-state index in [9.17, 15) is 0 Å². The Balaban J connectivity index is 1.27. The third kappa shape index (κ3) is 6.38. The summed E-state index contributed by atoms with van der Waals surface area (Å²) in [4.78, 5) is 0. The van der Waals surface area contributed by atoms with Gasteiger partial charge in [-0.2, -0.15) is 0 Å². The molecule has 0 amide bonds. The fourth-order valence-electron chi connectivity index (χ4n) is 9.72. The first-order chi connectivity index (χ1) is 29.2. The first-order valence-electron chi connectivity index (χ1n) is 22.5. The van der Waals surface area contributed by atoms with Crippen LogP contribution in [0.25, 0.3) is 82.5 Å². The Morgan fingerprint density at radius 3 is 0.758 bits per heavy atom. The minimum absolute atomic E-state index is 0.0405. The molecule has 0 aliphatic carbocycles. The highest BCUT2D eigenvalue weighted by Gasteiger charge is 2.24. The maximum Gasteiger partial charge on any atom is 0.0542 e. The van der Waals surface area contributed by atoms with Gasteiger partial charge in [0.1, 0.15) is 0 Å². The summed E-state index contributed by atoms with van der Waals surface area (Å²) in [6.07, 6.45) is 0. The largest absolute Gasteiger partial charge is 0.309 e. The number of aryl methyl sites for hydroxylation is 1. The van der Waals surface area contributed by atoms with Crippen LogP contribution in [0.4, 0.5) is 0 Å². The zero-order valence-corrected chi connectivity index (χ0v) is 39.0. The van der Waals surface area contributed by atoms with Crippen LogP contribution in [0, 0.1) is 6.92 Å². The lowest BCUT2D eigenvalue weighted by Gasteiger charge is -2.19. The number of rotatable bonds is 3. The fraction of sp³-hybridized carbons (Fsp3) is 0.288. The van der Waals surface area contributed by atoms with Crippen molar-refractivity contribution in [2.75, 3.05) is 0 Å². The second-order valence-electron chi connectivity index (χ2n) is 22.2. The van der Waals surface area contributed by atoms with Crippen LogP contribution in [0.1, 0.15) is 111 Å². The van der Waals surface area contributed by atoms with Crippen LogP contribution in [-0.2, 0) is 21.7 Å². The van der Waals surface area contributed by atoms with Gasteiger partial charge in [0.2, 0.25) is 0 Å². The zero-order valence-electron chi connectivity index (χ0n) is 39.0. The minimum atomic E-state index is 0.0405. The van der Waals surface area contributed by atoms with Gasteiger partial charge >= 0.3 is 0 Å². The van der Waals surface area contributed by atoms with Gasteiger partial charge < -0.3 is 13.7 Å². The molecule has 0 N–H and O–H groups in total. The van der Waals surface area contributed by atoms with Crippen molar-refractivity contribution >= 4 is 65.4 Å². The van der Waals surface area contributed by atoms with Gasteiger partial charge in [0, 0.05) is 49.4 Å². The third-order valence-electron chi connectivity index (χ3n) is 13.5. The van der Waals surface area contributed by atoms with Crippen molar-refractivity contribution in [3.05, 3.63) is 161 Å². The second-order valence-corrected chi connectivity index (χ2v) is 22.2. The van der Waals surface area contributed by atoms with Crippen LogP contribution in [0.5, 0.6) is 0 Å². The molecule has 0 fully saturated rings. The van der Waals surface area contributed by atoms with E-state index >= 15 is 0 Å². The molecule has 0 aliphatic rings. The van der Waals surface area contributed by atoms with Crippen LogP contribution in [0.3, 0.4) is 0 Å². The molecule has 3 nitrogen and oxygen atoms in total. The Morgan fingerprint density at radius 2 is 0.484 bits per heavy atom. The molecular weight excluding hydrogens is 751 g/mol. The van der Waals surface area contributed by atoms with Crippen molar-refractivity contribution in [3.8, 4) is 17.1 Å². The highest BCUT2D eigenvalue weighted by atomic mass is 15.0. The summed E-state index contributed by atoms with van der Waals surface area (Å²) in [5, 5.41) is 7.69. The predicted octanol–water partition coefficient (Wildman–Crippen LogP) is 16.5. The Kier molecular flexibility index (Phi) is 8.70. The number of benzene rings is 7. The molecular formula is C59H61N3. The minimum Gasteiger partial charge on any atom is -0.309 e. The average Bonchev–Trinajstić information content (AvgIpc) is 3.83. The SMILES string of the molecule is Cc1ccc(-n2c3ccc(-n4c5ccc(C(C)(C)C)cc5c5cc(C(C)(C)C)ccc54)cc3c3cc(-n4c5ccc(C(C)(C)C)cc5c5cc(C(C)(C)C)ccc54)ccc32)cc1. The van der Waals surface area contributed by atoms with Gasteiger partial charge in [0.15, 0.2) is 0 Å². The van der Waals surface area contributed by atoms with E-state index < -0.39 is 0 Å². The molecule has 0 saturated carbocycles. The van der Waals surface area contributed by atoms with Crippen molar-refractivity contribution in [3.63, 3.8) is 0 Å². The van der Waals surface area contributed by atoms with E-state index in [4.69, 9.17) is 0 Å². The average molecular weight is 812 g/mol.